The summed E-state index contributed by atoms with van der Waals surface area (Å²) in [5.74, 6) is 1.18. The van der Waals surface area contributed by atoms with Crippen LogP contribution < -0.4 is 10.1 Å². The molecule has 0 aliphatic carbocycles. The SMILES string of the molecule is CN(C)[C@H](CCC(=O)NC1COc2ccccc21)Cc1ccc(O)cc1. The van der Waals surface area contributed by atoms with Gasteiger partial charge in [-0.3, -0.25) is 4.79 Å². The maximum atomic E-state index is 12.4. The van der Waals surface area contributed by atoms with E-state index in [1.54, 1.807) is 12.1 Å². The van der Waals surface area contributed by atoms with Crippen LogP contribution in [0.3, 0.4) is 0 Å². The molecule has 2 aromatic rings. The fourth-order valence-electron chi connectivity index (χ4n) is 3.29. The molecule has 0 radical (unpaired) electrons. The first-order valence-electron chi connectivity index (χ1n) is 8.98. The van der Waals surface area contributed by atoms with Gasteiger partial charge in [-0.1, -0.05) is 30.3 Å². The van der Waals surface area contributed by atoms with Crippen molar-refractivity contribution < 1.29 is 14.6 Å². The Kier molecular flexibility index (Phi) is 5.78. The summed E-state index contributed by atoms with van der Waals surface area (Å²) in [4.78, 5) is 14.6. The number of nitrogens with one attached hydrogen (secondary N) is 1. The number of fused-ring (bicyclic) bond motifs is 1. The molecule has 1 aliphatic heterocycles. The van der Waals surface area contributed by atoms with Gasteiger partial charge in [0.2, 0.25) is 5.91 Å². The first kappa shape index (κ1) is 18.3. The first-order valence-corrected chi connectivity index (χ1v) is 8.98. The molecular formula is C21H26N2O3. The molecule has 2 atom stereocenters. The molecule has 1 heterocycles. The summed E-state index contributed by atoms with van der Waals surface area (Å²) >= 11 is 0. The number of aromatic hydroxyl groups is 1. The molecular weight excluding hydrogens is 328 g/mol. The van der Waals surface area contributed by atoms with Crippen LogP contribution in [0.4, 0.5) is 0 Å². The molecule has 0 saturated carbocycles. The second-order valence-corrected chi connectivity index (χ2v) is 7.00. The maximum Gasteiger partial charge on any atom is 0.220 e. The second-order valence-electron chi connectivity index (χ2n) is 7.00. The predicted molar refractivity (Wildman–Crippen MR) is 101 cm³/mol. The van der Waals surface area contributed by atoms with E-state index >= 15 is 0 Å². The molecule has 3 rings (SSSR count). The highest BCUT2D eigenvalue weighted by Crippen LogP contribution is 2.31. The van der Waals surface area contributed by atoms with Gasteiger partial charge in [-0.05, 0) is 50.7 Å². The Morgan fingerprint density at radius 3 is 2.69 bits per heavy atom. The highest BCUT2D eigenvalue weighted by Gasteiger charge is 2.25. The lowest BCUT2D eigenvalue weighted by Gasteiger charge is -2.24. The van der Waals surface area contributed by atoms with Crippen molar-refractivity contribution in [3.8, 4) is 11.5 Å². The van der Waals surface area contributed by atoms with Crippen molar-refractivity contribution in [3.05, 3.63) is 59.7 Å². The van der Waals surface area contributed by atoms with E-state index in [2.05, 4.69) is 10.2 Å². The molecule has 26 heavy (non-hydrogen) atoms. The Bertz CT molecular complexity index is 743. The topological polar surface area (TPSA) is 61.8 Å². The number of hydrogen-bond acceptors (Lipinski definition) is 4. The minimum Gasteiger partial charge on any atom is -0.508 e. The smallest absolute Gasteiger partial charge is 0.220 e. The number of benzene rings is 2. The van der Waals surface area contributed by atoms with Crippen LogP contribution in [0.5, 0.6) is 11.5 Å². The average molecular weight is 354 g/mol. The second kappa shape index (κ2) is 8.23. The van der Waals surface area contributed by atoms with Crippen LogP contribution in [-0.4, -0.2) is 42.7 Å². The highest BCUT2D eigenvalue weighted by molar-refractivity contribution is 5.76. The molecule has 2 N–H and O–H groups in total. The Balaban J connectivity index is 1.52. The number of carbonyl (C=O) groups excluding carboxylic acids is 1. The Labute approximate surface area is 154 Å². The number of likely N-dealkylation sites (N-methyl/N-ethyl adjacent to an activating group) is 1. The van der Waals surface area contributed by atoms with Crippen LogP contribution in [0.2, 0.25) is 0 Å². The van der Waals surface area contributed by atoms with E-state index in [9.17, 15) is 9.90 Å². The van der Waals surface area contributed by atoms with Crippen molar-refractivity contribution in [2.24, 2.45) is 0 Å². The van der Waals surface area contributed by atoms with Crippen LogP contribution in [0.25, 0.3) is 0 Å². The summed E-state index contributed by atoms with van der Waals surface area (Å²) in [7, 11) is 4.06. The van der Waals surface area contributed by atoms with Gasteiger partial charge < -0.3 is 20.1 Å². The Morgan fingerprint density at radius 2 is 1.96 bits per heavy atom. The van der Waals surface area contributed by atoms with Crippen LogP contribution in [0.1, 0.15) is 30.0 Å². The van der Waals surface area contributed by atoms with Crippen molar-refractivity contribution >= 4 is 5.91 Å². The number of hydrogen-bond donors (Lipinski definition) is 2. The third-order valence-corrected chi connectivity index (χ3v) is 4.88. The number of para-hydroxylation sites is 1. The lowest BCUT2D eigenvalue weighted by Crippen LogP contribution is -2.34. The number of carbonyl (C=O) groups is 1. The van der Waals surface area contributed by atoms with E-state index in [0.29, 0.717) is 13.0 Å². The van der Waals surface area contributed by atoms with Gasteiger partial charge in [0.1, 0.15) is 18.1 Å². The normalized spacial score (nSPS) is 16.8. The summed E-state index contributed by atoms with van der Waals surface area (Å²) in [6.07, 6.45) is 2.09. The summed E-state index contributed by atoms with van der Waals surface area (Å²) in [5, 5.41) is 12.5. The number of ether oxygens (including phenoxy) is 1. The number of phenolic OH excluding ortho intramolecular Hbond substituents is 1. The van der Waals surface area contributed by atoms with Crippen molar-refractivity contribution in [1.29, 1.82) is 0 Å². The molecule has 0 spiro atoms. The lowest BCUT2D eigenvalue weighted by atomic mass is 10.0. The molecule has 5 heteroatoms. The standard InChI is InChI=1S/C21H26N2O3/c1-23(2)16(13-15-7-10-17(24)11-8-15)9-12-21(25)22-19-14-26-20-6-4-3-5-18(19)20/h3-8,10-11,16,19,24H,9,12-14H2,1-2H3,(H,22,25)/t16-,19?/m1/s1. The molecule has 1 aliphatic rings. The van der Waals surface area contributed by atoms with Crippen LogP contribution in [-0.2, 0) is 11.2 Å². The van der Waals surface area contributed by atoms with Gasteiger partial charge >= 0.3 is 0 Å². The first-order chi connectivity index (χ1) is 12.5. The van der Waals surface area contributed by atoms with E-state index in [-0.39, 0.29) is 23.7 Å². The summed E-state index contributed by atoms with van der Waals surface area (Å²) in [6, 6.07) is 15.3. The summed E-state index contributed by atoms with van der Waals surface area (Å²) in [6.45, 7) is 0.496. The fraction of sp³-hybridized carbons (Fsp3) is 0.381. The molecule has 0 aromatic heterocycles. The third kappa shape index (κ3) is 4.55. The minimum atomic E-state index is -0.0615. The molecule has 138 valence electrons. The van der Waals surface area contributed by atoms with E-state index in [4.69, 9.17) is 4.74 Å². The molecule has 0 fully saturated rings. The van der Waals surface area contributed by atoms with E-state index in [1.807, 2.05) is 50.5 Å². The van der Waals surface area contributed by atoms with Gasteiger partial charge in [0.25, 0.3) is 0 Å². The average Bonchev–Trinajstić information content (AvgIpc) is 3.03. The van der Waals surface area contributed by atoms with Crippen molar-refractivity contribution in [2.45, 2.75) is 31.3 Å². The van der Waals surface area contributed by atoms with E-state index in [0.717, 1.165) is 29.7 Å². The fourth-order valence-corrected chi connectivity index (χ4v) is 3.29. The lowest BCUT2D eigenvalue weighted by molar-refractivity contribution is -0.122. The molecule has 1 unspecified atom stereocenters. The van der Waals surface area contributed by atoms with Gasteiger partial charge in [0, 0.05) is 18.0 Å². The van der Waals surface area contributed by atoms with Crippen LogP contribution in [0.15, 0.2) is 48.5 Å². The van der Waals surface area contributed by atoms with Crippen molar-refractivity contribution in [2.75, 3.05) is 20.7 Å². The van der Waals surface area contributed by atoms with Gasteiger partial charge in [-0.15, -0.1) is 0 Å². The molecule has 5 nitrogen and oxygen atoms in total. The molecule has 2 aromatic carbocycles. The largest absolute Gasteiger partial charge is 0.508 e. The maximum absolute atomic E-state index is 12.4. The van der Waals surface area contributed by atoms with Gasteiger partial charge in [0.05, 0.1) is 6.04 Å². The van der Waals surface area contributed by atoms with E-state index in [1.165, 1.54) is 0 Å². The zero-order valence-electron chi connectivity index (χ0n) is 15.3. The zero-order chi connectivity index (χ0) is 18.5. The predicted octanol–water partition coefficient (Wildman–Crippen LogP) is 2.90. The Hall–Kier alpha value is -2.53. The monoisotopic (exact) mass is 354 g/mol. The highest BCUT2D eigenvalue weighted by atomic mass is 16.5. The van der Waals surface area contributed by atoms with Crippen LogP contribution >= 0.6 is 0 Å². The number of amides is 1. The number of nitrogens with zero attached hydrogens (tertiary/aromatic N) is 1. The van der Waals surface area contributed by atoms with Gasteiger partial charge in [0.15, 0.2) is 0 Å². The molecule has 0 bridgehead atoms. The van der Waals surface area contributed by atoms with E-state index < -0.39 is 0 Å². The zero-order valence-corrected chi connectivity index (χ0v) is 15.3. The van der Waals surface area contributed by atoms with Crippen molar-refractivity contribution in [3.63, 3.8) is 0 Å². The molecule has 0 saturated heterocycles. The van der Waals surface area contributed by atoms with Crippen molar-refractivity contribution in [1.82, 2.24) is 10.2 Å². The number of phenols is 1. The Morgan fingerprint density at radius 1 is 1.23 bits per heavy atom. The third-order valence-electron chi connectivity index (χ3n) is 4.88. The molecule has 1 amide bonds. The van der Waals surface area contributed by atoms with Crippen LogP contribution in [0, 0.1) is 0 Å². The number of rotatable bonds is 7. The minimum absolute atomic E-state index is 0.0489. The van der Waals surface area contributed by atoms with Gasteiger partial charge in [-0.2, -0.15) is 0 Å². The quantitative estimate of drug-likeness (QED) is 0.803. The van der Waals surface area contributed by atoms with Gasteiger partial charge in [-0.25, -0.2) is 0 Å². The summed E-state index contributed by atoms with van der Waals surface area (Å²) in [5.41, 5.74) is 2.20. The summed E-state index contributed by atoms with van der Waals surface area (Å²) < 4.78 is 5.62.